The zero-order valence-corrected chi connectivity index (χ0v) is 17.5. The van der Waals surface area contributed by atoms with Gasteiger partial charge in [-0.05, 0) is 40.9 Å². The van der Waals surface area contributed by atoms with Crippen LogP contribution in [0.15, 0.2) is 41.1 Å². The fraction of sp³-hybridized carbons (Fsp3) is 0.300. The van der Waals surface area contributed by atoms with Crippen molar-refractivity contribution in [2.75, 3.05) is 30.4 Å². The van der Waals surface area contributed by atoms with E-state index in [4.69, 9.17) is 9.84 Å². The zero-order valence-electron chi connectivity index (χ0n) is 15.9. The molecular formula is C20H22BrN5O3. The highest BCUT2D eigenvalue weighted by molar-refractivity contribution is 9.10. The average Bonchev–Trinajstić information content (AvgIpc) is 3.10. The number of pyridine rings is 1. The average molecular weight is 460 g/mol. The van der Waals surface area contributed by atoms with E-state index in [0.717, 1.165) is 57.7 Å². The molecule has 3 aromatic rings. The van der Waals surface area contributed by atoms with Gasteiger partial charge in [0.15, 0.2) is 0 Å². The minimum atomic E-state index is -0.988. The number of piperidine rings is 1. The number of rotatable bonds is 5. The highest BCUT2D eigenvalue weighted by atomic mass is 79.9. The Morgan fingerprint density at radius 3 is 3.10 bits per heavy atom. The lowest BCUT2D eigenvalue weighted by molar-refractivity contribution is 0.188. The zero-order chi connectivity index (χ0) is 20.4. The highest BCUT2D eigenvalue weighted by Crippen LogP contribution is 2.40. The van der Waals surface area contributed by atoms with Crippen LogP contribution in [-0.2, 0) is 0 Å². The van der Waals surface area contributed by atoms with Crippen molar-refractivity contribution in [2.45, 2.75) is 18.9 Å². The number of methoxy groups -OCH3 is 1. The first-order valence-corrected chi connectivity index (χ1v) is 10.2. The third-order valence-corrected chi connectivity index (χ3v) is 5.62. The Morgan fingerprint density at radius 1 is 1.45 bits per heavy atom. The number of carboxylic acid groups (broad SMARTS) is 1. The molecule has 9 heteroatoms. The third kappa shape index (κ3) is 4.09. The van der Waals surface area contributed by atoms with Gasteiger partial charge in [0.1, 0.15) is 11.4 Å². The van der Waals surface area contributed by atoms with Gasteiger partial charge in [-0.3, -0.25) is 0 Å². The molecule has 0 radical (unpaired) electrons. The molecule has 0 spiro atoms. The Labute approximate surface area is 176 Å². The largest absolute Gasteiger partial charge is 0.497 e. The lowest BCUT2D eigenvalue weighted by Gasteiger charge is -2.35. The number of nitrogens with zero attached hydrogens (tertiary/aromatic N) is 2. The molecule has 1 aliphatic rings. The number of amides is 1. The Balaban J connectivity index is 1.71. The molecule has 3 heterocycles. The number of aromatic nitrogens is 2. The smallest absolute Gasteiger partial charge is 0.404 e. The number of H-pyrrole nitrogens is 1. The summed E-state index contributed by atoms with van der Waals surface area (Å²) in [6.07, 6.45) is 4.42. The Morgan fingerprint density at radius 2 is 2.31 bits per heavy atom. The van der Waals surface area contributed by atoms with Crippen LogP contribution in [0.5, 0.6) is 5.75 Å². The standard InChI is InChI=1S/C20H22BrN5O3/c1-29-14-6-2-4-12(8-14)24-16-10-23-19-17(16)18(15(21)9-22-19)26-7-3-5-13(11-26)25-20(27)28/h2,4,6,8-10,13,24-25H,3,5,7,11H2,1H3,(H,22,23)(H,27,28). The maximum atomic E-state index is 11.1. The van der Waals surface area contributed by atoms with Gasteiger partial charge in [0.05, 0.1) is 28.3 Å². The van der Waals surface area contributed by atoms with Gasteiger partial charge < -0.3 is 30.4 Å². The molecule has 1 saturated heterocycles. The van der Waals surface area contributed by atoms with Gasteiger partial charge in [0.2, 0.25) is 0 Å². The fourth-order valence-electron chi connectivity index (χ4n) is 3.79. The van der Waals surface area contributed by atoms with E-state index in [1.807, 2.05) is 30.5 Å². The number of hydrogen-bond acceptors (Lipinski definition) is 5. The van der Waals surface area contributed by atoms with Gasteiger partial charge in [-0.15, -0.1) is 0 Å². The second-order valence-electron chi connectivity index (χ2n) is 6.97. The molecule has 1 fully saturated rings. The van der Waals surface area contributed by atoms with E-state index in [2.05, 4.69) is 41.4 Å². The highest BCUT2D eigenvalue weighted by Gasteiger charge is 2.26. The maximum absolute atomic E-state index is 11.1. The molecule has 1 amide bonds. The van der Waals surface area contributed by atoms with E-state index in [9.17, 15) is 4.79 Å². The lowest BCUT2D eigenvalue weighted by Crippen LogP contribution is -2.47. The predicted molar refractivity (Wildman–Crippen MR) is 116 cm³/mol. The summed E-state index contributed by atoms with van der Waals surface area (Å²) in [5.74, 6) is 0.771. The van der Waals surface area contributed by atoms with Gasteiger partial charge in [0.25, 0.3) is 0 Å². The first-order chi connectivity index (χ1) is 14.0. The van der Waals surface area contributed by atoms with Crippen LogP contribution in [0.1, 0.15) is 12.8 Å². The second-order valence-corrected chi connectivity index (χ2v) is 7.83. The minimum absolute atomic E-state index is 0.106. The first kappa shape index (κ1) is 19.4. The molecule has 152 valence electrons. The quantitative estimate of drug-likeness (QED) is 0.453. The van der Waals surface area contributed by atoms with E-state index < -0.39 is 6.09 Å². The summed E-state index contributed by atoms with van der Waals surface area (Å²) in [5, 5.41) is 16.1. The molecule has 1 aromatic carbocycles. The summed E-state index contributed by atoms with van der Waals surface area (Å²) in [4.78, 5) is 21.0. The number of anilines is 3. The topological polar surface area (TPSA) is 103 Å². The number of fused-ring (bicyclic) bond motifs is 1. The molecule has 1 aliphatic heterocycles. The van der Waals surface area contributed by atoms with Gasteiger partial charge in [-0.1, -0.05) is 6.07 Å². The van der Waals surface area contributed by atoms with Crippen molar-refractivity contribution in [3.05, 3.63) is 41.1 Å². The van der Waals surface area contributed by atoms with Crippen LogP contribution in [-0.4, -0.2) is 47.4 Å². The van der Waals surface area contributed by atoms with E-state index in [1.54, 1.807) is 13.3 Å². The van der Waals surface area contributed by atoms with Crippen molar-refractivity contribution in [3.63, 3.8) is 0 Å². The van der Waals surface area contributed by atoms with Crippen LogP contribution in [0.4, 0.5) is 21.9 Å². The van der Waals surface area contributed by atoms with Crippen LogP contribution < -0.4 is 20.3 Å². The fourth-order valence-corrected chi connectivity index (χ4v) is 4.34. The molecular weight excluding hydrogens is 438 g/mol. The molecule has 1 unspecified atom stereocenters. The Hall–Kier alpha value is -2.94. The Kier molecular flexibility index (Phi) is 5.48. The van der Waals surface area contributed by atoms with Crippen LogP contribution in [0, 0.1) is 0 Å². The SMILES string of the molecule is COc1cccc(Nc2c[nH]c3ncc(Br)c(N4CCCC(NC(=O)O)C4)c23)c1. The summed E-state index contributed by atoms with van der Waals surface area (Å²) < 4.78 is 6.18. The molecule has 4 rings (SSSR count). The van der Waals surface area contributed by atoms with Crippen LogP contribution in [0.25, 0.3) is 11.0 Å². The normalized spacial score (nSPS) is 16.6. The molecule has 0 aliphatic carbocycles. The molecule has 2 aromatic heterocycles. The van der Waals surface area contributed by atoms with Gasteiger partial charge in [0, 0.05) is 43.3 Å². The number of ether oxygens (including phenoxy) is 1. The minimum Gasteiger partial charge on any atom is -0.497 e. The van der Waals surface area contributed by atoms with Crippen molar-refractivity contribution in [1.29, 1.82) is 0 Å². The molecule has 8 nitrogen and oxygen atoms in total. The Bertz CT molecular complexity index is 1040. The van der Waals surface area contributed by atoms with Crippen molar-refractivity contribution in [2.24, 2.45) is 0 Å². The molecule has 0 saturated carbocycles. The van der Waals surface area contributed by atoms with E-state index in [0.29, 0.717) is 6.54 Å². The van der Waals surface area contributed by atoms with Crippen molar-refractivity contribution in [1.82, 2.24) is 15.3 Å². The number of benzene rings is 1. The number of nitrogens with one attached hydrogen (secondary N) is 3. The number of halogens is 1. The predicted octanol–water partition coefficient (Wildman–Crippen LogP) is 4.31. The summed E-state index contributed by atoms with van der Waals surface area (Å²) in [7, 11) is 1.64. The van der Waals surface area contributed by atoms with E-state index in [1.165, 1.54) is 0 Å². The summed E-state index contributed by atoms with van der Waals surface area (Å²) in [6.45, 7) is 1.45. The monoisotopic (exact) mass is 459 g/mol. The van der Waals surface area contributed by atoms with E-state index in [-0.39, 0.29) is 6.04 Å². The van der Waals surface area contributed by atoms with Gasteiger partial charge in [-0.25, -0.2) is 9.78 Å². The summed E-state index contributed by atoms with van der Waals surface area (Å²) >= 11 is 3.65. The van der Waals surface area contributed by atoms with Crippen molar-refractivity contribution < 1.29 is 14.6 Å². The van der Waals surface area contributed by atoms with Gasteiger partial charge >= 0.3 is 6.09 Å². The van der Waals surface area contributed by atoms with Crippen LogP contribution >= 0.6 is 15.9 Å². The molecule has 29 heavy (non-hydrogen) atoms. The van der Waals surface area contributed by atoms with Crippen LogP contribution in [0.3, 0.4) is 0 Å². The molecule has 4 N–H and O–H groups in total. The lowest BCUT2D eigenvalue weighted by atomic mass is 10.0. The first-order valence-electron chi connectivity index (χ1n) is 9.36. The van der Waals surface area contributed by atoms with Gasteiger partial charge in [-0.2, -0.15) is 0 Å². The molecule has 1 atom stereocenters. The molecule has 0 bridgehead atoms. The maximum Gasteiger partial charge on any atom is 0.404 e. The van der Waals surface area contributed by atoms with Crippen molar-refractivity contribution >= 4 is 50.1 Å². The number of aromatic amines is 1. The number of hydrogen-bond donors (Lipinski definition) is 4. The summed E-state index contributed by atoms with van der Waals surface area (Å²) in [5.41, 5.74) is 3.56. The van der Waals surface area contributed by atoms with Crippen molar-refractivity contribution in [3.8, 4) is 5.75 Å². The van der Waals surface area contributed by atoms with E-state index >= 15 is 0 Å². The third-order valence-electron chi connectivity index (χ3n) is 5.04. The number of carbonyl (C=O) groups is 1. The second kappa shape index (κ2) is 8.20. The summed E-state index contributed by atoms with van der Waals surface area (Å²) in [6, 6.07) is 7.62. The van der Waals surface area contributed by atoms with Crippen LogP contribution in [0.2, 0.25) is 0 Å².